The van der Waals surface area contributed by atoms with Gasteiger partial charge >= 0.3 is 0 Å². The van der Waals surface area contributed by atoms with E-state index in [9.17, 15) is 5.11 Å². The van der Waals surface area contributed by atoms with E-state index in [1.807, 2.05) is 19.1 Å². The highest BCUT2D eigenvalue weighted by atomic mass is 16.5. The van der Waals surface area contributed by atoms with Crippen LogP contribution in [0, 0.1) is 0 Å². The minimum absolute atomic E-state index is 0.268. The molecular formula is C13H15N3O2. The number of nitrogens with one attached hydrogen (secondary N) is 1. The third-order valence-electron chi connectivity index (χ3n) is 2.39. The summed E-state index contributed by atoms with van der Waals surface area (Å²) in [5.41, 5.74) is 0.814. The standard InChI is InChI=1S/C13H15N3O2/c1-2-18-13-7-12(15-9-16-13)14-8-10-5-3-4-6-11(10)17/h3-7,9,17H,2,8H2,1H3,(H,14,15,16). The van der Waals surface area contributed by atoms with Gasteiger partial charge in [0.25, 0.3) is 0 Å². The third-order valence-corrected chi connectivity index (χ3v) is 2.39. The highest BCUT2D eigenvalue weighted by Crippen LogP contribution is 2.17. The van der Waals surface area contributed by atoms with Crippen LogP contribution < -0.4 is 10.1 Å². The number of hydrogen-bond acceptors (Lipinski definition) is 5. The zero-order chi connectivity index (χ0) is 12.8. The van der Waals surface area contributed by atoms with E-state index in [1.165, 1.54) is 6.33 Å². The number of phenols is 1. The summed E-state index contributed by atoms with van der Waals surface area (Å²) in [5.74, 6) is 1.47. The maximum atomic E-state index is 9.63. The van der Waals surface area contributed by atoms with Crippen molar-refractivity contribution in [2.24, 2.45) is 0 Å². The summed E-state index contributed by atoms with van der Waals surface area (Å²) in [6, 6.07) is 8.90. The molecule has 0 bridgehead atoms. The Balaban J connectivity index is 2.02. The van der Waals surface area contributed by atoms with Crippen molar-refractivity contribution in [3.8, 4) is 11.6 Å². The molecule has 0 spiro atoms. The van der Waals surface area contributed by atoms with Crippen molar-refractivity contribution in [2.75, 3.05) is 11.9 Å². The number of anilines is 1. The molecule has 2 rings (SSSR count). The minimum atomic E-state index is 0.268. The van der Waals surface area contributed by atoms with E-state index in [2.05, 4.69) is 15.3 Å². The summed E-state index contributed by atoms with van der Waals surface area (Å²) in [5, 5.41) is 12.7. The second-order valence-corrected chi connectivity index (χ2v) is 3.66. The van der Waals surface area contributed by atoms with E-state index in [-0.39, 0.29) is 5.75 Å². The molecule has 1 heterocycles. The van der Waals surface area contributed by atoms with Crippen molar-refractivity contribution in [3.63, 3.8) is 0 Å². The molecule has 1 aromatic carbocycles. The molecular weight excluding hydrogens is 230 g/mol. The molecule has 0 aliphatic heterocycles. The number of para-hydroxylation sites is 1. The van der Waals surface area contributed by atoms with Crippen molar-refractivity contribution < 1.29 is 9.84 Å². The molecule has 0 atom stereocenters. The van der Waals surface area contributed by atoms with Gasteiger partial charge in [-0.2, -0.15) is 0 Å². The summed E-state index contributed by atoms with van der Waals surface area (Å²) < 4.78 is 5.28. The van der Waals surface area contributed by atoms with E-state index < -0.39 is 0 Å². The SMILES string of the molecule is CCOc1cc(NCc2ccccc2O)ncn1. The Morgan fingerprint density at radius 2 is 2.11 bits per heavy atom. The Morgan fingerprint density at radius 1 is 1.28 bits per heavy atom. The number of aromatic nitrogens is 2. The van der Waals surface area contributed by atoms with Crippen LogP contribution in [0.5, 0.6) is 11.6 Å². The zero-order valence-electron chi connectivity index (χ0n) is 10.1. The van der Waals surface area contributed by atoms with Gasteiger partial charge in [0.15, 0.2) is 0 Å². The largest absolute Gasteiger partial charge is 0.508 e. The fourth-order valence-corrected chi connectivity index (χ4v) is 1.51. The molecule has 5 heteroatoms. The van der Waals surface area contributed by atoms with E-state index in [0.717, 1.165) is 5.56 Å². The molecule has 0 aliphatic rings. The van der Waals surface area contributed by atoms with Gasteiger partial charge in [0, 0.05) is 18.2 Å². The quantitative estimate of drug-likeness (QED) is 0.845. The Labute approximate surface area is 105 Å². The average molecular weight is 245 g/mol. The number of ether oxygens (including phenoxy) is 1. The maximum absolute atomic E-state index is 9.63. The van der Waals surface area contributed by atoms with Gasteiger partial charge < -0.3 is 15.2 Å². The predicted octanol–water partition coefficient (Wildman–Crippen LogP) is 2.19. The molecule has 5 nitrogen and oxygen atoms in total. The van der Waals surface area contributed by atoms with Crippen molar-refractivity contribution in [2.45, 2.75) is 13.5 Å². The van der Waals surface area contributed by atoms with Gasteiger partial charge in [-0.1, -0.05) is 18.2 Å². The van der Waals surface area contributed by atoms with Crippen LogP contribution in [0.1, 0.15) is 12.5 Å². The zero-order valence-corrected chi connectivity index (χ0v) is 10.1. The number of aromatic hydroxyl groups is 1. The van der Waals surface area contributed by atoms with Crippen LogP contribution in [0.25, 0.3) is 0 Å². The van der Waals surface area contributed by atoms with Crippen molar-refractivity contribution >= 4 is 5.82 Å². The van der Waals surface area contributed by atoms with E-state index in [1.54, 1.807) is 18.2 Å². The lowest BCUT2D eigenvalue weighted by Gasteiger charge is -2.08. The number of benzene rings is 1. The molecule has 0 fully saturated rings. The smallest absolute Gasteiger partial charge is 0.218 e. The summed E-state index contributed by atoms with van der Waals surface area (Å²) in [4.78, 5) is 8.06. The fourth-order valence-electron chi connectivity index (χ4n) is 1.51. The first-order valence-electron chi connectivity index (χ1n) is 5.75. The average Bonchev–Trinajstić information content (AvgIpc) is 2.39. The second-order valence-electron chi connectivity index (χ2n) is 3.66. The number of phenolic OH excluding ortho intramolecular Hbond substituents is 1. The summed E-state index contributed by atoms with van der Waals surface area (Å²) >= 11 is 0. The highest BCUT2D eigenvalue weighted by Gasteiger charge is 2.02. The van der Waals surface area contributed by atoms with Crippen LogP contribution in [-0.2, 0) is 6.54 Å². The Morgan fingerprint density at radius 3 is 2.89 bits per heavy atom. The van der Waals surface area contributed by atoms with Gasteiger partial charge in [0.1, 0.15) is 17.9 Å². The van der Waals surface area contributed by atoms with Gasteiger partial charge in [0.2, 0.25) is 5.88 Å². The molecule has 0 aliphatic carbocycles. The lowest BCUT2D eigenvalue weighted by Crippen LogP contribution is -2.03. The highest BCUT2D eigenvalue weighted by molar-refractivity contribution is 5.40. The molecule has 0 amide bonds. The van der Waals surface area contributed by atoms with Crippen LogP contribution in [0.15, 0.2) is 36.7 Å². The van der Waals surface area contributed by atoms with Crippen LogP contribution in [0.2, 0.25) is 0 Å². The second kappa shape index (κ2) is 5.86. The van der Waals surface area contributed by atoms with Crippen LogP contribution in [0.3, 0.4) is 0 Å². The van der Waals surface area contributed by atoms with Crippen molar-refractivity contribution in [1.82, 2.24) is 9.97 Å². The molecule has 0 saturated carbocycles. The Hall–Kier alpha value is -2.30. The van der Waals surface area contributed by atoms with Gasteiger partial charge in [-0.3, -0.25) is 0 Å². The van der Waals surface area contributed by atoms with E-state index in [4.69, 9.17) is 4.74 Å². The van der Waals surface area contributed by atoms with Crippen molar-refractivity contribution in [3.05, 3.63) is 42.2 Å². The maximum Gasteiger partial charge on any atom is 0.218 e. The van der Waals surface area contributed by atoms with Gasteiger partial charge in [-0.25, -0.2) is 9.97 Å². The molecule has 2 aromatic rings. The molecule has 94 valence electrons. The van der Waals surface area contributed by atoms with Gasteiger partial charge in [-0.05, 0) is 13.0 Å². The Kier molecular flexibility index (Phi) is 3.96. The molecule has 18 heavy (non-hydrogen) atoms. The molecule has 1 aromatic heterocycles. The summed E-state index contributed by atoms with van der Waals surface area (Å²) in [7, 11) is 0. The summed E-state index contributed by atoms with van der Waals surface area (Å²) in [6.07, 6.45) is 1.44. The first-order chi connectivity index (χ1) is 8.79. The lowest BCUT2D eigenvalue weighted by molar-refractivity contribution is 0.326. The lowest BCUT2D eigenvalue weighted by atomic mass is 10.2. The number of rotatable bonds is 5. The molecule has 0 saturated heterocycles. The van der Waals surface area contributed by atoms with E-state index >= 15 is 0 Å². The number of hydrogen-bond donors (Lipinski definition) is 2. The van der Waals surface area contributed by atoms with Gasteiger partial charge in [0.05, 0.1) is 6.61 Å². The van der Waals surface area contributed by atoms with Gasteiger partial charge in [-0.15, -0.1) is 0 Å². The first kappa shape index (κ1) is 12.2. The normalized spacial score (nSPS) is 10.1. The third kappa shape index (κ3) is 3.10. The van der Waals surface area contributed by atoms with Crippen LogP contribution in [-0.4, -0.2) is 21.7 Å². The summed E-state index contributed by atoms with van der Waals surface area (Å²) in [6.45, 7) is 2.96. The van der Waals surface area contributed by atoms with Crippen molar-refractivity contribution in [1.29, 1.82) is 0 Å². The monoisotopic (exact) mass is 245 g/mol. The van der Waals surface area contributed by atoms with E-state index in [0.29, 0.717) is 24.8 Å². The molecule has 0 unspecified atom stereocenters. The topological polar surface area (TPSA) is 67.3 Å². The first-order valence-corrected chi connectivity index (χ1v) is 5.75. The number of nitrogens with zero attached hydrogens (tertiary/aromatic N) is 2. The van der Waals surface area contributed by atoms with Crippen LogP contribution >= 0.6 is 0 Å². The molecule has 0 radical (unpaired) electrons. The van der Waals surface area contributed by atoms with Crippen LogP contribution in [0.4, 0.5) is 5.82 Å². The fraction of sp³-hybridized carbons (Fsp3) is 0.231. The molecule has 2 N–H and O–H groups in total. The predicted molar refractivity (Wildman–Crippen MR) is 68.6 cm³/mol. The minimum Gasteiger partial charge on any atom is -0.508 e. The Bertz CT molecular complexity index is 517.